The number of rotatable bonds is 8. The molecule has 0 unspecified atom stereocenters. The minimum atomic E-state index is -0.0799. The molecule has 0 saturated carbocycles. The van der Waals surface area contributed by atoms with Gasteiger partial charge in [-0.2, -0.15) is 0 Å². The van der Waals surface area contributed by atoms with Gasteiger partial charge in [0.1, 0.15) is 0 Å². The Hall–Kier alpha value is -1.00. The molecule has 0 aliphatic heterocycles. The fourth-order valence-electron chi connectivity index (χ4n) is 1.62. The molecule has 1 aromatic rings. The lowest BCUT2D eigenvalue weighted by Gasteiger charge is -2.12. The molecular formula is C16H25NO2S. The van der Waals surface area contributed by atoms with Crippen molar-refractivity contribution in [1.29, 1.82) is 0 Å². The van der Waals surface area contributed by atoms with Gasteiger partial charge in [-0.1, -0.05) is 17.7 Å². The van der Waals surface area contributed by atoms with Gasteiger partial charge in [0, 0.05) is 18.0 Å². The molecule has 0 aliphatic rings. The van der Waals surface area contributed by atoms with E-state index >= 15 is 0 Å². The van der Waals surface area contributed by atoms with Crippen LogP contribution in [0.4, 0.5) is 0 Å². The Kier molecular flexibility index (Phi) is 7.70. The van der Waals surface area contributed by atoms with Crippen molar-refractivity contribution in [3.05, 3.63) is 29.8 Å². The number of benzene rings is 1. The average Bonchev–Trinajstić information content (AvgIpc) is 2.40. The summed E-state index contributed by atoms with van der Waals surface area (Å²) in [5.41, 5.74) is 1.23. The van der Waals surface area contributed by atoms with E-state index in [1.807, 2.05) is 20.8 Å². The van der Waals surface area contributed by atoms with Crippen LogP contribution in [0.3, 0.4) is 0 Å². The summed E-state index contributed by atoms with van der Waals surface area (Å²) in [6.45, 7) is 9.38. The molecule has 4 heteroatoms. The molecular weight excluding hydrogens is 270 g/mol. The summed E-state index contributed by atoms with van der Waals surface area (Å²) >= 11 is 1.59. The van der Waals surface area contributed by atoms with E-state index in [1.54, 1.807) is 11.8 Å². The average molecular weight is 295 g/mol. The Balaban J connectivity index is 2.23. The number of aryl methyl sites for hydroxylation is 1. The lowest BCUT2D eigenvalue weighted by molar-refractivity contribution is -0.120. The first kappa shape index (κ1) is 17.1. The number of amides is 1. The summed E-state index contributed by atoms with van der Waals surface area (Å²) in [6.07, 6.45) is 1.10. The van der Waals surface area contributed by atoms with E-state index in [-0.39, 0.29) is 17.3 Å². The van der Waals surface area contributed by atoms with Crippen molar-refractivity contribution in [3.8, 4) is 0 Å². The van der Waals surface area contributed by atoms with Gasteiger partial charge in [-0.3, -0.25) is 4.79 Å². The Labute approximate surface area is 126 Å². The Morgan fingerprint density at radius 1 is 1.25 bits per heavy atom. The van der Waals surface area contributed by atoms with E-state index in [1.165, 1.54) is 5.56 Å². The first-order chi connectivity index (χ1) is 9.49. The van der Waals surface area contributed by atoms with Gasteiger partial charge in [-0.05, 0) is 46.2 Å². The van der Waals surface area contributed by atoms with Gasteiger partial charge in [0.2, 0.25) is 5.91 Å². The van der Waals surface area contributed by atoms with Crippen molar-refractivity contribution in [1.82, 2.24) is 5.32 Å². The molecule has 0 bridgehead atoms. The third kappa shape index (κ3) is 6.96. The molecule has 0 fully saturated rings. The monoisotopic (exact) mass is 295 g/mol. The molecule has 1 N–H and O–H groups in total. The van der Waals surface area contributed by atoms with Gasteiger partial charge in [0.15, 0.2) is 0 Å². The first-order valence-corrected chi connectivity index (χ1v) is 7.99. The quantitative estimate of drug-likeness (QED) is 0.590. The molecule has 3 nitrogen and oxygen atoms in total. The minimum absolute atomic E-state index is 0.0799. The van der Waals surface area contributed by atoms with Gasteiger partial charge in [-0.15, -0.1) is 11.8 Å². The van der Waals surface area contributed by atoms with Gasteiger partial charge in [0.25, 0.3) is 0 Å². The van der Waals surface area contributed by atoms with Crippen molar-refractivity contribution in [2.24, 2.45) is 0 Å². The molecule has 0 saturated heterocycles. The van der Waals surface area contributed by atoms with Crippen LogP contribution in [0.15, 0.2) is 29.2 Å². The predicted octanol–water partition coefficient (Wildman–Crippen LogP) is 3.41. The van der Waals surface area contributed by atoms with Crippen LogP contribution in [-0.2, 0) is 9.53 Å². The number of ether oxygens (including phenoxy) is 1. The van der Waals surface area contributed by atoms with E-state index in [0.29, 0.717) is 13.2 Å². The van der Waals surface area contributed by atoms with Crippen molar-refractivity contribution < 1.29 is 9.53 Å². The summed E-state index contributed by atoms with van der Waals surface area (Å²) in [7, 11) is 0. The lowest BCUT2D eigenvalue weighted by Crippen LogP contribution is -2.32. The smallest absolute Gasteiger partial charge is 0.233 e. The zero-order valence-corrected chi connectivity index (χ0v) is 13.6. The minimum Gasteiger partial charge on any atom is -0.379 e. The maximum absolute atomic E-state index is 11.9. The molecule has 0 radical (unpaired) electrons. The normalized spacial score (nSPS) is 12.4. The van der Waals surface area contributed by atoms with Crippen LogP contribution in [0.25, 0.3) is 0 Å². The zero-order valence-electron chi connectivity index (χ0n) is 12.8. The molecule has 0 heterocycles. The van der Waals surface area contributed by atoms with Crippen molar-refractivity contribution in [2.75, 3.05) is 13.2 Å². The number of thioether (sulfide) groups is 1. The Morgan fingerprint density at radius 2 is 1.90 bits per heavy atom. The number of carbonyl (C=O) groups excluding carboxylic acids is 1. The SMILES string of the molecule is Cc1ccc(S[C@H](C)C(=O)NCCCOC(C)C)cc1. The number of hydrogen-bond acceptors (Lipinski definition) is 3. The van der Waals surface area contributed by atoms with Gasteiger partial charge >= 0.3 is 0 Å². The van der Waals surface area contributed by atoms with Crippen molar-refractivity contribution in [2.45, 2.75) is 50.4 Å². The van der Waals surface area contributed by atoms with E-state index in [0.717, 1.165) is 11.3 Å². The summed E-state index contributed by atoms with van der Waals surface area (Å²) in [4.78, 5) is 13.1. The highest BCUT2D eigenvalue weighted by molar-refractivity contribution is 8.00. The summed E-state index contributed by atoms with van der Waals surface area (Å²) in [5.74, 6) is 0.0834. The van der Waals surface area contributed by atoms with Crippen LogP contribution in [0.2, 0.25) is 0 Å². The number of nitrogens with one attached hydrogen (secondary N) is 1. The number of hydrogen-bond donors (Lipinski definition) is 1. The standard InChI is InChI=1S/C16H25NO2S/c1-12(2)19-11-5-10-17-16(18)14(4)20-15-8-6-13(3)7-9-15/h6-9,12,14H,5,10-11H2,1-4H3,(H,17,18)/t14-/m1/s1. The lowest BCUT2D eigenvalue weighted by atomic mass is 10.2. The van der Waals surface area contributed by atoms with E-state index in [4.69, 9.17) is 4.74 Å². The van der Waals surface area contributed by atoms with Crippen LogP contribution in [0, 0.1) is 6.92 Å². The first-order valence-electron chi connectivity index (χ1n) is 7.11. The molecule has 0 aromatic heterocycles. The molecule has 0 spiro atoms. The van der Waals surface area contributed by atoms with Crippen LogP contribution >= 0.6 is 11.8 Å². The summed E-state index contributed by atoms with van der Waals surface area (Å²) in [6, 6.07) is 8.24. The second-order valence-corrected chi connectivity index (χ2v) is 6.55. The van der Waals surface area contributed by atoms with E-state index < -0.39 is 0 Å². The third-order valence-electron chi connectivity index (χ3n) is 2.77. The maximum atomic E-state index is 11.9. The highest BCUT2D eigenvalue weighted by atomic mass is 32.2. The zero-order chi connectivity index (χ0) is 15.0. The fourth-order valence-corrected chi connectivity index (χ4v) is 2.51. The topological polar surface area (TPSA) is 38.3 Å². The highest BCUT2D eigenvalue weighted by Crippen LogP contribution is 2.23. The van der Waals surface area contributed by atoms with Crippen LogP contribution in [-0.4, -0.2) is 30.4 Å². The summed E-state index contributed by atoms with van der Waals surface area (Å²) < 4.78 is 5.43. The molecule has 1 atom stereocenters. The molecule has 0 aliphatic carbocycles. The third-order valence-corrected chi connectivity index (χ3v) is 3.89. The fraction of sp³-hybridized carbons (Fsp3) is 0.562. The van der Waals surface area contributed by atoms with Crippen molar-refractivity contribution >= 4 is 17.7 Å². The molecule has 1 rings (SSSR count). The molecule has 112 valence electrons. The van der Waals surface area contributed by atoms with Crippen molar-refractivity contribution in [3.63, 3.8) is 0 Å². The highest BCUT2D eigenvalue weighted by Gasteiger charge is 2.13. The molecule has 1 aromatic carbocycles. The Bertz CT molecular complexity index is 403. The number of carbonyl (C=O) groups is 1. The largest absolute Gasteiger partial charge is 0.379 e. The van der Waals surface area contributed by atoms with Crippen LogP contribution in [0.5, 0.6) is 0 Å². The Morgan fingerprint density at radius 3 is 2.50 bits per heavy atom. The van der Waals surface area contributed by atoms with Crippen LogP contribution < -0.4 is 5.32 Å². The molecule has 20 heavy (non-hydrogen) atoms. The van der Waals surface area contributed by atoms with Gasteiger partial charge in [-0.25, -0.2) is 0 Å². The predicted molar refractivity (Wildman–Crippen MR) is 85.2 cm³/mol. The van der Waals surface area contributed by atoms with Gasteiger partial charge < -0.3 is 10.1 Å². The van der Waals surface area contributed by atoms with Gasteiger partial charge in [0.05, 0.1) is 11.4 Å². The maximum Gasteiger partial charge on any atom is 0.233 e. The second kappa shape index (κ2) is 9.03. The van der Waals surface area contributed by atoms with Crippen LogP contribution in [0.1, 0.15) is 32.8 Å². The second-order valence-electron chi connectivity index (χ2n) is 5.14. The molecule has 1 amide bonds. The van der Waals surface area contributed by atoms with E-state index in [2.05, 4.69) is 36.5 Å². The summed E-state index contributed by atoms with van der Waals surface area (Å²) in [5, 5.41) is 2.87. The van der Waals surface area contributed by atoms with E-state index in [9.17, 15) is 4.79 Å².